The molecule has 0 amide bonds. The van der Waals surface area contributed by atoms with Crippen LogP contribution >= 0.6 is 0 Å². The zero-order chi connectivity index (χ0) is 9.42. The molecule has 1 aliphatic rings. The van der Waals surface area contributed by atoms with Gasteiger partial charge in [-0.2, -0.15) is 4.98 Å². The molecule has 1 saturated carbocycles. The van der Waals surface area contributed by atoms with Crippen molar-refractivity contribution in [3.05, 3.63) is 11.7 Å². The highest BCUT2D eigenvalue weighted by Crippen LogP contribution is 2.35. The Morgan fingerprint density at radius 2 is 2.15 bits per heavy atom. The standard InChI is InChI=1S/C9H14N2O2/c1-5(2)8-10-9(13-11-8)6-3-7(12)4-6/h5-7,12H,3-4H2,1-2H3. The number of aliphatic hydroxyl groups is 1. The van der Waals surface area contributed by atoms with Crippen LogP contribution in [0.2, 0.25) is 0 Å². The summed E-state index contributed by atoms with van der Waals surface area (Å²) in [6, 6.07) is 0. The molecule has 1 heterocycles. The number of hydrogen-bond donors (Lipinski definition) is 1. The van der Waals surface area contributed by atoms with Crippen molar-refractivity contribution in [2.75, 3.05) is 0 Å². The molecule has 2 rings (SSSR count). The average molecular weight is 182 g/mol. The Morgan fingerprint density at radius 3 is 2.62 bits per heavy atom. The fourth-order valence-electron chi connectivity index (χ4n) is 1.44. The van der Waals surface area contributed by atoms with E-state index in [-0.39, 0.29) is 12.0 Å². The van der Waals surface area contributed by atoms with Crippen LogP contribution in [0, 0.1) is 0 Å². The first-order chi connectivity index (χ1) is 6.16. The average Bonchev–Trinajstić information content (AvgIpc) is 2.46. The second-order valence-corrected chi connectivity index (χ2v) is 3.97. The van der Waals surface area contributed by atoms with E-state index in [1.54, 1.807) is 0 Å². The molecule has 1 fully saturated rings. The maximum atomic E-state index is 9.11. The normalized spacial score (nSPS) is 27.7. The minimum absolute atomic E-state index is 0.167. The molecule has 4 heteroatoms. The van der Waals surface area contributed by atoms with Crippen molar-refractivity contribution >= 4 is 0 Å². The van der Waals surface area contributed by atoms with Gasteiger partial charge in [0.15, 0.2) is 5.82 Å². The fraction of sp³-hybridized carbons (Fsp3) is 0.778. The van der Waals surface area contributed by atoms with E-state index in [4.69, 9.17) is 9.63 Å². The zero-order valence-corrected chi connectivity index (χ0v) is 7.90. The highest BCUT2D eigenvalue weighted by molar-refractivity contribution is 5.02. The summed E-state index contributed by atoms with van der Waals surface area (Å²) in [6.07, 6.45) is 1.36. The van der Waals surface area contributed by atoms with Gasteiger partial charge in [0.1, 0.15) is 0 Å². The number of rotatable bonds is 2. The highest BCUT2D eigenvalue weighted by Gasteiger charge is 2.33. The molecular formula is C9H14N2O2. The van der Waals surface area contributed by atoms with Crippen LogP contribution in [0.4, 0.5) is 0 Å². The summed E-state index contributed by atoms with van der Waals surface area (Å²) in [5.74, 6) is 2.04. The monoisotopic (exact) mass is 182 g/mol. The molecule has 0 unspecified atom stereocenters. The molecule has 0 bridgehead atoms. The molecule has 0 spiro atoms. The number of hydrogen-bond acceptors (Lipinski definition) is 4. The maximum Gasteiger partial charge on any atom is 0.229 e. The predicted molar refractivity (Wildman–Crippen MR) is 46.4 cm³/mol. The van der Waals surface area contributed by atoms with Crippen LogP contribution in [0.1, 0.15) is 50.2 Å². The molecule has 0 aliphatic heterocycles. The molecule has 0 atom stereocenters. The van der Waals surface area contributed by atoms with Crippen molar-refractivity contribution in [1.82, 2.24) is 10.1 Å². The van der Waals surface area contributed by atoms with Gasteiger partial charge >= 0.3 is 0 Å². The van der Waals surface area contributed by atoms with E-state index in [1.807, 2.05) is 13.8 Å². The Hall–Kier alpha value is -0.900. The molecule has 0 saturated heterocycles. The SMILES string of the molecule is CC(C)c1noc(C2CC(O)C2)n1. The molecular weight excluding hydrogens is 168 g/mol. The Bertz CT molecular complexity index is 290. The van der Waals surface area contributed by atoms with E-state index in [9.17, 15) is 0 Å². The summed E-state index contributed by atoms with van der Waals surface area (Å²) >= 11 is 0. The van der Waals surface area contributed by atoms with Crippen LogP contribution in [-0.4, -0.2) is 21.4 Å². The summed E-state index contributed by atoms with van der Waals surface area (Å²) in [5.41, 5.74) is 0. The first-order valence-electron chi connectivity index (χ1n) is 4.68. The quantitative estimate of drug-likeness (QED) is 0.751. The minimum Gasteiger partial charge on any atom is -0.393 e. The number of nitrogens with zero attached hydrogens (tertiary/aromatic N) is 2. The smallest absolute Gasteiger partial charge is 0.229 e. The molecule has 1 aromatic heterocycles. The van der Waals surface area contributed by atoms with E-state index in [0.717, 1.165) is 18.7 Å². The van der Waals surface area contributed by atoms with Crippen LogP contribution in [-0.2, 0) is 0 Å². The Morgan fingerprint density at radius 1 is 1.46 bits per heavy atom. The second-order valence-electron chi connectivity index (χ2n) is 3.97. The molecule has 1 aliphatic carbocycles. The van der Waals surface area contributed by atoms with E-state index in [0.29, 0.717) is 11.8 Å². The lowest BCUT2D eigenvalue weighted by Crippen LogP contribution is -2.26. The molecule has 72 valence electrons. The van der Waals surface area contributed by atoms with E-state index in [1.165, 1.54) is 0 Å². The van der Waals surface area contributed by atoms with Crippen LogP contribution < -0.4 is 0 Å². The molecule has 0 aromatic carbocycles. The van der Waals surface area contributed by atoms with Gasteiger partial charge in [-0.3, -0.25) is 0 Å². The van der Waals surface area contributed by atoms with Crippen LogP contribution in [0.25, 0.3) is 0 Å². The third-order valence-electron chi connectivity index (χ3n) is 2.44. The summed E-state index contributed by atoms with van der Waals surface area (Å²) < 4.78 is 5.11. The predicted octanol–water partition coefficient (Wildman–Crippen LogP) is 1.43. The highest BCUT2D eigenvalue weighted by atomic mass is 16.5. The zero-order valence-electron chi connectivity index (χ0n) is 7.90. The van der Waals surface area contributed by atoms with Crippen molar-refractivity contribution in [1.29, 1.82) is 0 Å². The Kier molecular flexibility index (Phi) is 2.07. The van der Waals surface area contributed by atoms with E-state index < -0.39 is 0 Å². The van der Waals surface area contributed by atoms with E-state index in [2.05, 4.69) is 10.1 Å². The summed E-state index contributed by atoms with van der Waals surface area (Å²) in [6.45, 7) is 4.06. The third kappa shape index (κ3) is 1.58. The Labute approximate surface area is 77.0 Å². The van der Waals surface area contributed by atoms with Gasteiger partial charge in [-0.1, -0.05) is 19.0 Å². The fourth-order valence-corrected chi connectivity index (χ4v) is 1.44. The lowest BCUT2D eigenvalue weighted by atomic mass is 9.82. The first kappa shape index (κ1) is 8.69. The van der Waals surface area contributed by atoms with Crippen LogP contribution in [0.15, 0.2) is 4.52 Å². The molecule has 1 aromatic rings. The first-order valence-corrected chi connectivity index (χ1v) is 4.68. The molecule has 1 N–H and O–H groups in total. The molecule has 4 nitrogen and oxygen atoms in total. The number of aliphatic hydroxyl groups excluding tert-OH is 1. The Balaban J connectivity index is 2.06. The van der Waals surface area contributed by atoms with Gasteiger partial charge in [-0.15, -0.1) is 0 Å². The largest absolute Gasteiger partial charge is 0.393 e. The summed E-state index contributed by atoms with van der Waals surface area (Å²) in [5, 5.41) is 13.0. The van der Waals surface area contributed by atoms with Gasteiger partial charge in [-0.25, -0.2) is 0 Å². The van der Waals surface area contributed by atoms with Gasteiger partial charge in [0.05, 0.1) is 6.10 Å². The van der Waals surface area contributed by atoms with Gasteiger partial charge in [0.25, 0.3) is 0 Å². The van der Waals surface area contributed by atoms with Gasteiger partial charge in [-0.05, 0) is 12.8 Å². The van der Waals surface area contributed by atoms with Crippen molar-refractivity contribution < 1.29 is 9.63 Å². The topological polar surface area (TPSA) is 59.2 Å². The number of aromatic nitrogens is 2. The van der Waals surface area contributed by atoms with Crippen LogP contribution in [0.3, 0.4) is 0 Å². The summed E-state index contributed by atoms with van der Waals surface area (Å²) in [7, 11) is 0. The lowest BCUT2D eigenvalue weighted by Gasteiger charge is -2.27. The van der Waals surface area contributed by atoms with Crippen LogP contribution in [0.5, 0.6) is 0 Å². The van der Waals surface area contributed by atoms with Crippen molar-refractivity contribution in [3.63, 3.8) is 0 Å². The maximum absolute atomic E-state index is 9.11. The molecule has 0 radical (unpaired) electrons. The lowest BCUT2D eigenvalue weighted by molar-refractivity contribution is 0.0625. The van der Waals surface area contributed by atoms with Crippen molar-refractivity contribution in [2.45, 2.75) is 44.6 Å². The summed E-state index contributed by atoms with van der Waals surface area (Å²) in [4.78, 5) is 4.28. The van der Waals surface area contributed by atoms with Gasteiger partial charge in [0.2, 0.25) is 5.89 Å². The van der Waals surface area contributed by atoms with Gasteiger partial charge in [0, 0.05) is 11.8 Å². The third-order valence-corrected chi connectivity index (χ3v) is 2.44. The minimum atomic E-state index is -0.167. The van der Waals surface area contributed by atoms with Gasteiger partial charge < -0.3 is 9.63 Å². The van der Waals surface area contributed by atoms with Crippen molar-refractivity contribution in [3.8, 4) is 0 Å². The van der Waals surface area contributed by atoms with Crippen molar-refractivity contribution in [2.24, 2.45) is 0 Å². The van der Waals surface area contributed by atoms with E-state index >= 15 is 0 Å². The second kappa shape index (κ2) is 3.10. The molecule has 13 heavy (non-hydrogen) atoms.